The molecule has 1 heterocycles. The zero-order valence-corrected chi connectivity index (χ0v) is 16.0. The highest BCUT2D eigenvalue weighted by atomic mass is 35.5. The second kappa shape index (κ2) is 8.77. The molecule has 0 saturated heterocycles. The van der Waals surface area contributed by atoms with Crippen molar-refractivity contribution < 1.29 is 9.59 Å². The number of benzene rings is 2. The Bertz CT molecular complexity index is 945. The topological polar surface area (TPSA) is 84.0 Å². The first kappa shape index (κ1) is 19.0. The van der Waals surface area contributed by atoms with Crippen molar-refractivity contribution in [2.24, 2.45) is 0 Å². The molecule has 0 unspecified atom stereocenters. The van der Waals surface area contributed by atoms with Crippen molar-refractivity contribution in [2.45, 2.75) is 0 Å². The fourth-order valence-corrected chi connectivity index (χ4v) is 2.90. The molecular weight excluding hydrogens is 407 g/mol. The molecule has 27 heavy (non-hydrogen) atoms. The summed E-state index contributed by atoms with van der Waals surface area (Å²) in [5, 5.41) is 11.4. The summed E-state index contributed by atoms with van der Waals surface area (Å²) in [6.45, 7) is 0. The number of nitrogens with one attached hydrogen (secondary N) is 2. The van der Waals surface area contributed by atoms with Crippen LogP contribution in [0, 0.1) is 0 Å². The molecule has 0 saturated carbocycles. The van der Waals surface area contributed by atoms with E-state index in [-0.39, 0.29) is 5.57 Å². The highest BCUT2D eigenvalue weighted by Crippen LogP contribution is 2.23. The van der Waals surface area contributed by atoms with Crippen LogP contribution in [0.4, 0.5) is 11.4 Å². The lowest BCUT2D eigenvalue weighted by Gasteiger charge is -2.11. The Morgan fingerprint density at radius 3 is 1.85 bits per heavy atom. The highest BCUT2D eigenvalue weighted by molar-refractivity contribution is 7.03. The summed E-state index contributed by atoms with van der Waals surface area (Å²) < 4.78 is 3.73. The summed E-state index contributed by atoms with van der Waals surface area (Å²) in [4.78, 5) is 25.5. The van der Waals surface area contributed by atoms with Gasteiger partial charge in [0.05, 0.1) is 27.1 Å². The number of nitrogens with zero attached hydrogens (tertiary/aromatic N) is 2. The van der Waals surface area contributed by atoms with E-state index < -0.39 is 11.8 Å². The van der Waals surface area contributed by atoms with Gasteiger partial charge < -0.3 is 10.6 Å². The molecule has 2 N–H and O–H groups in total. The molecule has 3 rings (SSSR count). The number of hydrogen-bond donors (Lipinski definition) is 2. The van der Waals surface area contributed by atoms with Crippen molar-refractivity contribution in [2.75, 3.05) is 10.6 Å². The highest BCUT2D eigenvalue weighted by Gasteiger charge is 2.21. The van der Waals surface area contributed by atoms with Crippen LogP contribution in [0.15, 0.2) is 59.5 Å². The quantitative estimate of drug-likeness (QED) is 0.362. The molecule has 136 valence electrons. The van der Waals surface area contributed by atoms with E-state index in [1.54, 1.807) is 53.9 Å². The van der Waals surface area contributed by atoms with Gasteiger partial charge >= 0.3 is 0 Å². The van der Waals surface area contributed by atoms with E-state index in [0.717, 1.165) is 11.5 Å². The number of halogens is 2. The van der Waals surface area contributed by atoms with Crippen molar-refractivity contribution >= 4 is 64.0 Å². The molecule has 0 aliphatic heterocycles. The van der Waals surface area contributed by atoms with Gasteiger partial charge in [0.1, 0.15) is 5.57 Å². The molecular formula is C18H12Cl2N4O2S. The minimum absolute atomic E-state index is 0.164. The van der Waals surface area contributed by atoms with E-state index in [9.17, 15) is 9.59 Å². The second-order valence-corrected chi connectivity index (χ2v) is 6.68. The first-order chi connectivity index (χ1) is 13.0. The smallest absolute Gasteiger partial charge is 0.261 e. The molecule has 0 bridgehead atoms. The number of hydrogen-bond acceptors (Lipinski definition) is 5. The molecule has 1 aromatic heterocycles. The number of amides is 2. The third-order valence-electron chi connectivity index (χ3n) is 3.40. The lowest BCUT2D eigenvalue weighted by atomic mass is 10.1. The van der Waals surface area contributed by atoms with Gasteiger partial charge in [-0.25, -0.2) is 0 Å². The molecule has 0 aliphatic carbocycles. The molecule has 0 spiro atoms. The predicted octanol–water partition coefficient (Wildman–Crippen LogP) is 4.51. The third kappa shape index (κ3) is 4.91. The van der Waals surface area contributed by atoms with Crippen LogP contribution in [0.25, 0.3) is 6.08 Å². The van der Waals surface area contributed by atoms with Gasteiger partial charge in [0.25, 0.3) is 11.8 Å². The predicted molar refractivity (Wildman–Crippen MR) is 108 cm³/mol. The summed E-state index contributed by atoms with van der Waals surface area (Å²) in [5.74, 6) is -1.28. The van der Waals surface area contributed by atoms with Crippen molar-refractivity contribution in [3.05, 3.63) is 75.2 Å². The molecule has 0 atom stereocenters. The standard InChI is InChI=1S/C18H12Cl2N4O2S/c19-13-5-1-3-7-15(13)21-17(25)12(9-11-10-27-24-23-11)18(26)22-16-8-4-2-6-14(16)20/h1-10H,(H,21,25)(H,22,26). The lowest BCUT2D eigenvalue weighted by molar-refractivity contribution is -0.118. The Morgan fingerprint density at radius 2 is 1.41 bits per heavy atom. The van der Waals surface area contributed by atoms with Gasteiger partial charge in [0.15, 0.2) is 0 Å². The van der Waals surface area contributed by atoms with Gasteiger partial charge in [-0.2, -0.15) is 0 Å². The van der Waals surface area contributed by atoms with E-state index >= 15 is 0 Å². The molecule has 3 aromatic rings. The van der Waals surface area contributed by atoms with Gasteiger partial charge in [-0.3, -0.25) is 9.59 Å². The van der Waals surface area contributed by atoms with Crippen molar-refractivity contribution in [3.8, 4) is 0 Å². The number of para-hydroxylation sites is 2. The molecule has 0 radical (unpaired) electrons. The molecule has 2 amide bonds. The Labute approximate surface area is 169 Å². The van der Waals surface area contributed by atoms with Crippen LogP contribution >= 0.6 is 34.7 Å². The van der Waals surface area contributed by atoms with Crippen LogP contribution in [0.1, 0.15) is 5.69 Å². The number of anilines is 2. The maximum Gasteiger partial charge on any atom is 0.261 e. The summed E-state index contributed by atoms with van der Waals surface area (Å²) in [6.07, 6.45) is 1.35. The number of carbonyl (C=O) groups is 2. The second-order valence-electron chi connectivity index (χ2n) is 5.26. The minimum Gasteiger partial charge on any atom is -0.320 e. The maximum atomic E-state index is 12.7. The van der Waals surface area contributed by atoms with Gasteiger partial charge in [0, 0.05) is 5.38 Å². The molecule has 0 fully saturated rings. The average molecular weight is 419 g/mol. The van der Waals surface area contributed by atoms with Crippen molar-refractivity contribution in [3.63, 3.8) is 0 Å². The summed E-state index contributed by atoms with van der Waals surface area (Å²) in [5.41, 5.74) is 0.996. The first-order valence-electron chi connectivity index (χ1n) is 7.65. The van der Waals surface area contributed by atoms with Gasteiger partial charge in [-0.15, -0.1) is 5.10 Å². The van der Waals surface area contributed by atoms with Crippen LogP contribution < -0.4 is 10.6 Å². The van der Waals surface area contributed by atoms with E-state index in [4.69, 9.17) is 23.2 Å². The average Bonchev–Trinajstić information content (AvgIpc) is 3.16. The summed E-state index contributed by atoms with van der Waals surface area (Å²) >= 11 is 13.3. The van der Waals surface area contributed by atoms with Gasteiger partial charge in [0.2, 0.25) is 0 Å². The van der Waals surface area contributed by atoms with E-state index in [0.29, 0.717) is 27.1 Å². The van der Waals surface area contributed by atoms with E-state index in [1.807, 2.05) is 0 Å². The fraction of sp³-hybridized carbons (Fsp3) is 0. The van der Waals surface area contributed by atoms with E-state index in [1.165, 1.54) is 6.08 Å². The van der Waals surface area contributed by atoms with Crippen LogP contribution in [-0.2, 0) is 9.59 Å². The number of rotatable bonds is 5. The Morgan fingerprint density at radius 1 is 0.889 bits per heavy atom. The number of carbonyl (C=O) groups excluding carboxylic acids is 2. The maximum absolute atomic E-state index is 12.7. The SMILES string of the molecule is O=C(Nc1ccccc1Cl)C(=Cc1csnn1)C(=O)Nc1ccccc1Cl. The minimum atomic E-state index is -0.638. The summed E-state index contributed by atoms with van der Waals surface area (Å²) in [7, 11) is 0. The van der Waals surface area contributed by atoms with E-state index in [2.05, 4.69) is 20.2 Å². The number of aromatic nitrogens is 2. The lowest BCUT2D eigenvalue weighted by Crippen LogP contribution is -2.25. The Balaban J connectivity index is 1.89. The molecule has 6 nitrogen and oxygen atoms in total. The summed E-state index contributed by atoms with van der Waals surface area (Å²) in [6, 6.07) is 13.4. The molecule has 0 aliphatic rings. The van der Waals surface area contributed by atoms with Crippen molar-refractivity contribution in [1.29, 1.82) is 0 Å². The zero-order chi connectivity index (χ0) is 19.2. The largest absolute Gasteiger partial charge is 0.320 e. The zero-order valence-electron chi connectivity index (χ0n) is 13.6. The van der Waals surface area contributed by atoms with Crippen molar-refractivity contribution in [1.82, 2.24) is 9.59 Å². The normalized spacial score (nSPS) is 10.1. The van der Waals surface area contributed by atoms with Gasteiger partial charge in [-0.05, 0) is 41.9 Å². The van der Waals surface area contributed by atoms with Crippen LogP contribution in [0.5, 0.6) is 0 Å². The van der Waals surface area contributed by atoms with Crippen LogP contribution in [0.3, 0.4) is 0 Å². The monoisotopic (exact) mass is 418 g/mol. The molecule has 2 aromatic carbocycles. The van der Waals surface area contributed by atoms with Crippen LogP contribution in [0.2, 0.25) is 10.0 Å². The van der Waals surface area contributed by atoms with Gasteiger partial charge in [-0.1, -0.05) is 52.0 Å². The Kier molecular flexibility index (Phi) is 6.18. The molecule has 9 heteroatoms. The fourth-order valence-electron chi connectivity index (χ4n) is 2.12. The first-order valence-corrected chi connectivity index (χ1v) is 9.24. The third-order valence-corrected chi connectivity index (χ3v) is 4.58. The van der Waals surface area contributed by atoms with Crippen LogP contribution in [-0.4, -0.2) is 21.4 Å². The Hall–Kier alpha value is -2.74.